The number of morpholine rings is 1. The van der Waals surface area contributed by atoms with Gasteiger partial charge in [0.1, 0.15) is 11.9 Å². The quantitative estimate of drug-likeness (QED) is 0.855. The number of nitrogen functional groups attached to an aromatic ring is 1. The molecule has 1 aliphatic rings. The van der Waals surface area contributed by atoms with Gasteiger partial charge in [0, 0.05) is 17.7 Å². The first-order valence-electron chi connectivity index (χ1n) is 7.51. The van der Waals surface area contributed by atoms with Crippen molar-refractivity contribution in [2.75, 3.05) is 12.3 Å². The third-order valence-corrected chi connectivity index (χ3v) is 4.11. The molecule has 0 aromatic heterocycles. The van der Waals surface area contributed by atoms with Crippen molar-refractivity contribution in [1.82, 2.24) is 5.32 Å². The third-order valence-electron chi connectivity index (χ3n) is 4.11. The number of hydrogen-bond acceptors (Lipinski definition) is 3. The summed E-state index contributed by atoms with van der Waals surface area (Å²) in [6, 6.07) is 14.0. The van der Waals surface area contributed by atoms with Gasteiger partial charge in [0.05, 0.1) is 12.1 Å². The first kappa shape index (κ1) is 15.5. The van der Waals surface area contributed by atoms with E-state index in [4.69, 9.17) is 10.5 Å². The van der Waals surface area contributed by atoms with Gasteiger partial charge < -0.3 is 15.8 Å². The van der Waals surface area contributed by atoms with Gasteiger partial charge >= 0.3 is 0 Å². The Hall–Kier alpha value is -2.40. The lowest BCUT2D eigenvalue weighted by molar-refractivity contribution is -0.145. The second kappa shape index (κ2) is 6.01. The number of nitrogens with two attached hydrogens (primary N) is 1. The van der Waals surface area contributed by atoms with Crippen LogP contribution in [0.15, 0.2) is 48.5 Å². The standard InChI is InChI=1S/C18H19FN2O2/c1-18(14-10-13(20)7-8-15(14)19)11-23-16(17(22)21-18)9-12-5-3-2-4-6-12/h2-8,10,16H,9,11,20H2,1H3,(H,21,22)/t16-,18-/m0/s1. The lowest BCUT2D eigenvalue weighted by Gasteiger charge is -2.38. The number of rotatable bonds is 3. The molecule has 4 nitrogen and oxygen atoms in total. The fourth-order valence-corrected chi connectivity index (χ4v) is 2.82. The summed E-state index contributed by atoms with van der Waals surface area (Å²) in [6.45, 7) is 1.93. The summed E-state index contributed by atoms with van der Waals surface area (Å²) in [4.78, 5) is 12.4. The molecule has 2 aromatic carbocycles. The predicted molar refractivity (Wildman–Crippen MR) is 86.2 cm³/mol. The number of benzene rings is 2. The topological polar surface area (TPSA) is 64.3 Å². The zero-order valence-corrected chi connectivity index (χ0v) is 12.9. The van der Waals surface area contributed by atoms with Crippen LogP contribution in [0.2, 0.25) is 0 Å². The first-order chi connectivity index (χ1) is 11.0. The van der Waals surface area contributed by atoms with Crippen LogP contribution in [-0.4, -0.2) is 18.6 Å². The summed E-state index contributed by atoms with van der Waals surface area (Å²) < 4.78 is 19.8. The van der Waals surface area contributed by atoms with Gasteiger partial charge in [-0.25, -0.2) is 4.39 Å². The molecule has 1 aliphatic heterocycles. The first-order valence-corrected chi connectivity index (χ1v) is 7.51. The van der Waals surface area contributed by atoms with E-state index in [0.717, 1.165) is 5.56 Å². The third kappa shape index (κ3) is 3.19. The minimum absolute atomic E-state index is 0.191. The molecule has 0 radical (unpaired) electrons. The van der Waals surface area contributed by atoms with Crippen molar-refractivity contribution in [2.45, 2.75) is 25.0 Å². The number of nitrogens with one attached hydrogen (secondary N) is 1. The molecule has 3 N–H and O–H groups in total. The van der Waals surface area contributed by atoms with E-state index >= 15 is 0 Å². The maximum Gasteiger partial charge on any atom is 0.250 e. The van der Waals surface area contributed by atoms with E-state index in [-0.39, 0.29) is 12.5 Å². The molecular formula is C18H19FN2O2. The zero-order chi connectivity index (χ0) is 16.4. The van der Waals surface area contributed by atoms with E-state index < -0.39 is 17.5 Å². The van der Waals surface area contributed by atoms with Crippen molar-refractivity contribution in [2.24, 2.45) is 0 Å². The molecule has 0 unspecified atom stereocenters. The van der Waals surface area contributed by atoms with Crippen LogP contribution in [-0.2, 0) is 21.5 Å². The van der Waals surface area contributed by atoms with Crippen molar-refractivity contribution >= 4 is 11.6 Å². The Kier molecular flexibility index (Phi) is 4.05. The normalized spacial score (nSPS) is 24.3. The van der Waals surface area contributed by atoms with Gasteiger partial charge in [-0.2, -0.15) is 0 Å². The second-order valence-electron chi connectivity index (χ2n) is 6.05. The van der Waals surface area contributed by atoms with Gasteiger partial charge in [-0.1, -0.05) is 30.3 Å². The number of carbonyl (C=O) groups is 1. The highest BCUT2D eigenvalue weighted by Crippen LogP contribution is 2.29. The zero-order valence-electron chi connectivity index (χ0n) is 12.9. The van der Waals surface area contributed by atoms with E-state index in [2.05, 4.69) is 5.32 Å². The van der Waals surface area contributed by atoms with E-state index in [9.17, 15) is 9.18 Å². The summed E-state index contributed by atoms with van der Waals surface area (Å²) in [6.07, 6.45) is -0.0862. The molecule has 0 saturated carbocycles. The molecule has 23 heavy (non-hydrogen) atoms. The highest BCUT2D eigenvalue weighted by atomic mass is 19.1. The molecule has 0 aliphatic carbocycles. The van der Waals surface area contributed by atoms with Crippen LogP contribution < -0.4 is 11.1 Å². The van der Waals surface area contributed by atoms with E-state index in [0.29, 0.717) is 17.7 Å². The maximum atomic E-state index is 14.1. The largest absolute Gasteiger partial charge is 0.399 e. The van der Waals surface area contributed by atoms with E-state index in [1.165, 1.54) is 18.2 Å². The molecule has 5 heteroatoms. The number of anilines is 1. The van der Waals surface area contributed by atoms with Gasteiger partial charge in [-0.15, -0.1) is 0 Å². The summed E-state index contributed by atoms with van der Waals surface area (Å²) >= 11 is 0. The molecule has 2 atom stereocenters. The Balaban J connectivity index is 1.77. The van der Waals surface area contributed by atoms with Gasteiger partial charge in [0.25, 0.3) is 0 Å². The van der Waals surface area contributed by atoms with Gasteiger partial charge in [-0.05, 0) is 30.7 Å². The molecule has 1 saturated heterocycles. The summed E-state index contributed by atoms with van der Waals surface area (Å²) in [7, 11) is 0. The number of halogens is 1. The summed E-state index contributed by atoms with van der Waals surface area (Å²) in [5.41, 5.74) is 6.61. The van der Waals surface area contributed by atoms with Crippen molar-refractivity contribution < 1.29 is 13.9 Å². The van der Waals surface area contributed by atoms with Crippen molar-refractivity contribution in [1.29, 1.82) is 0 Å². The molecule has 1 fully saturated rings. The minimum atomic E-state index is -0.927. The summed E-state index contributed by atoms with van der Waals surface area (Å²) in [5, 5.41) is 2.89. The Morgan fingerprint density at radius 3 is 2.74 bits per heavy atom. The molecule has 0 bridgehead atoms. The lowest BCUT2D eigenvalue weighted by Crippen LogP contribution is -2.57. The van der Waals surface area contributed by atoms with Crippen LogP contribution in [0.3, 0.4) is 0 Å². The smallest absolute Gasteiger partial charge is 0.250 e. The van der Waals surface area contributed by atoms with Crippen molar-refractivity contribution in [3.05, 3.63) is 65.5 Å². The van der Waals surface area contributed by atoms with Gasteiger partial charge in [0.2, 0.25) is 5.91 Å². The highest BCUT2D eigenvalue weighted by Gasteiger charge is 2.39. The van der Waals surface area contributed by atoms with Gasteiger partial charge in [0.15, 0.2) is 0 Å². The molecule has 1 heterocycles. The molecule has 120 valence electrons. The van der Waals surface area contributed by atoms with Crippen LogP contribution >= 0.6 is 0 Å². The van der Waals surface area contributed by atoms with Crippen LogP contribution in [0, 0.1) is 5.82 Å². The second-order valence-corrected chi connectivity index (χ2v) is 6.05. The van der Waals surface area contributed by atoms with Crippen LogP contribution in [0.5, 0.6) is 0 Å². The Bertz CT molecular complexity index is 720. The number of ether oxygens (including phenoxy) is 1. The maximum absolute atomic E-state index is 14.1. The highest BCUT2D eigenvalue weighted by molar-refractivity contribution is 5.83. The van der Waals surface area contributed by atoms with E-state index in [1.54, 1.807) is 6.92 Å². The fourth-order valence-electron chi connectivity index (χ4n) is 2.82. The van der Waals surface area contributed by atoms with Crippen molar-refractivity contribution in [3.63, 3.8) is 0 Å². The SMILES string of the molecule is C[C@@]1(c2cc(N)ccc2F)CO[C@@H](Cc2ccccc2)C(=O)N1. The molecule has 0 spiro atoms. The van der Waals surface area contributed by atoms with E-state index in [1.807, 2.05) is 30.3 Å². The van der Waals surface area contributed by atoms with Crippen molar-refractivity contribution in [3.8, 4) is 0 Å². The molecule has 1 amide bonds. The monoisotopic (exact) mass is 314 g/mol. The fraction of sp³-hybridized carbons (Fsp3) is 0.278. The number of carbonyl (C=O) groups excluding carboxylic acids is 1. The van der Waals surface area contributed by atoms with Crippen LogP contribution in [0.4, 0.5) is 10.1 Å². The average Bonchev–Trinajstić information content (AvgIpc) is 2.53. The average molecular weight is 314 g/mol. The Labute approximate surface area is 134 Å². The Morgan fingerprint density at radius 2 is 2.04 bits per heavy atom. The van der Waals surface area contributed by atoms with Crippen LogP contribution in [0.25, 0.3) is 0 Å². The van der Waals surface area contributed by atoms with Crippen LogP contribution in [0.1, 0.15) is 18.1 Å². The Morgan fingerprint density at radius 1 is 1.30 bits per heavy atom. The predicted octanol–water partition coefficient (Wildman–Crippen LogP) is 2.38. The summed E-state index contributed by atoms with van der Waals surface area (Å²) in [5.74, 6) is -0.656. The molecular weight excluding hydrogens is 295 g/mol. The number of amides is 1. The number of hydrogen-bond donors (Lipinski definition) is 2. The lowest BCUT2D eigenvalue weighted by atomic mass is 9.89. The molecule has 2 aromatic rings. The minimum Gasteiger partial charge on any atom is -0.399 e. The van der Waals surface area contributed by atoms with Gasteiger partial charge in [-0.3, -0.25) is 4.79 Å². The molecule has 3 rings (SSSR count).